The molecule has 0 aliphatic rings. The third-order valence-electron chi connectivity index (χ3n) is 2.14. The second kappa shape index (κ2) is 6.23. The Balaban J connectivity index is 2.65. The smallest absolute Gasteiger partial charge is 0.224 e. The Hall–Kier alpha value is -0.580. The van der Waals surface area contributed by atoms with Crippen molar-refractivity contribution >= 4 is 39.1 Å². The molecule has 1 rings (SSSR count). The third-order valence-corrected chi connectivity index (χ3v) is 3.07. The Bertz CT molecular complexity index is 384. The summed E-state index contributed by atoms with van der Waals surface area (Å²) in [6.07, 6.45) is 0.412. The average Bonchev–Trinajstić information content (AvgIpc) is 2.23. The van der Waals surface area contributed by atoms with Gasteiger partial charge in [0.05, 0.1) is 5.69 Å². The van der Waals surface area contributed by atoms with E-state index < -0.39 is 0 Å². The summed E-state index contributed by atoms with van der Waals surface area (Å²) in [4.78, 5) is 11.6. The molecule has 1 amide bonds. The van der Waals surface area contributed by atoms with Gasteiger partial charge in [-0.25, -0.2) is 0 Å². The number of rotatable bonds is 4. The monoisotopic (exact) mass is 304 g/mol. The molecule has 3 nitrogen and oxygen atoms in total. The molecule has 5 heteroatoms. The van der Waals surface area contributed by atoms with E-state index in [4.69, 9.17) is 17.3 Å². The maximum atomic E-state index is 11.6. The molecule has 1 unspecified atom stereocenters. The first-order valence-corrected chi connectivity index (χ1v) is 6.15. The molecule has 16 heavy (non-hydrogen) atoms. The minimum absolute atomic E-state index is 0.0547. The number of nitrogens with one attached hydrogen (secondary N) is 1. The number of nitrogens with two attached hydrogens (primary N) is 1. The topological polar surface area (TPSA) is 55.1 Å². The van der Waals surface area contributed by atoms with Crippen molar-refractivity contribution in [3.8, 4) is 0 Å². The SMILES string of the molecule is CC(CN)CC(=O)Nc1cc(Cl)ccc1Br. The van der Waals surface area contributed by atoms with Crippen LogP contribution in [-0.2, 0) is 4.79 Å². The molecule has 3 N–H and O–H groups in total. The van der Waals surface area contributed by atoms with Crippen molar-refractivity contribution in [1.82, 2.24) is 0 Å². The molecule has 0 aliphatic carbocycles. The van der Waals surface area contributed by atoms with Gasteiger partial charge in [-0.1, -0.05) is 18.5 Å². The van der Waals surface area contributed by atoms with Crippen molar-refractivity contribution in [2.75, 3.05) is 11.9 Å². The summed E-state index contributed by atoms with van der Waals surface area (Å²) in [5.41, 5.74) is 6.14. The van der Waals surface area contributed by atoms with Gasteiger partial charge >= 0.3 is 0 Å². The summed E-state index contributed by atoms with van der Waals surface area (Å²) in [6, 6.07) is 5.25. The lowest BCUT2D eigenvalue weighted by atomic mass is 10.1. The number of hydrogen-bond donors (Lipinski definition) is 2. The summed E-state index contributed by atoms with van der Waals surface area (Å²) in [7, 11) is 0. The molecule has 0 bridgehead atoms. The van der Waals surface area contributed by atoms with Crippen LogP contribution >= 0.6 is 27.5 Å². The summed E-state index contributed by atoms with van der Waals surface area (Å²) < 4.78 is 0.811. The molecule has 0 spiro atoms. The second-order valence-corrected chi connectivity index (χ2v) is 5.01. The fourth-order valence-corrected chi connectivity index (χ4v) is 1.71. The zero-order valence-corrected chi connectivity index (χ0v) is 11.3. The Kier molecular flexibility index (Phi) is 5.25. The highest BCUT2D eigenvalue weighted by atomic mass is 79.9. The van der Waals surface area contributed by atoms with Gasteiger partial charge in [-0.3, -0.25) is 4.79 Å². The van der Waals surface area contributed by atoms with Gasteiger partial charge in [-0.05, 0) is 46.6 Å². The molecule has 0 heterocycles. The summed E-state index contributed by atoms with van der Waals surface area (Å²) >= 11 is 9.19. The predicted molar refractivity (Wildman–Crippen MR) is 70.6 cm³/mol. The van der Waals surface area contributed by atoms with Crippen LogP contribution in [0.15, 0.2) is 22.7 Å². The largest absolute Gasteiger partial charge is 0.330 e. The molecule has 0 radical (unpaired) electrons. The third kappa shape index (κ3) is 4.12. The van der Waals surface area contributed by atoms with E-state index in [-0.39, 0.29) is 11.8 Å². The maximum Gasteiger partial charge on any atom is 0.224 e. The summed E-state index contributed by atoms with van der Waals surface area (Å²) in [6.45, 7) is 2.44. The zero-order chi connectivity index (χ0) is 12.1. The van der Waals surface area contributed by atoms with Gasteiger partial charge in [0.1, 0.15) is 0 Å². The molecule has 0 saturated carbocycles. The van der Waals surface area contributed by atoms with Crippen LogP contribution in [0.25, 0.3) is 0 Å². The molecule has 88 valence electrons. The Morgan fingerprint density at radius 3 is 2.94 bits per heavy atom. The first-order chi connectivity index (χ1) is 7.52. The van der Waals surface area contributed by atoms with Crippen LogP contribution in [0.2, 0.25) is 5.02 Å². The van der Waals surface area contributed by atoms with E-state index in [0.717, 1.165) is 4.47 Å². The van der Waals surface area contributed by atoms with Gasteiger partial charge in [-0.2, -0.15) is 0 Å². The lowest BCUT2D eigenvalue weighted by Gasteiger charge is -2.10. The number of halogens is 2. The van der Waals surface area contributed by atoms with Crippen LogP contribution in [0.5, 0.6) is 0 Å². The van der Waals surface area contributed by atoms with Crippen molar-refractivity contribution in [2.45, 2.75) is 13.3 Å². The number of hydrogen-bond acceptors (Lipinski definition) is 2. The van der Waals surface area contributed by atoms with Crippen molar-refractivity contribution in [2.24, 2.45) is 11.7 Å². The molecule has 0 fully saturated rings. The molecule has 0 saturated heterocycles. The fourth-order valence-electron chi connectivity index (χ4n) is 1.19. The van der Waals surface area contributed by atoms with Crippen LogP contribution < -0.4 is 11.1 Å². The number of carbonyl (C=O) groups excluding carboxylic acids is 1. The van der Waals surface area contributed by atoms with Crippen molar-refractivity contribution in [1.29, 1.82) is 0 Å². The molecular weight excluding hydrogens is 291 g/mol. The van der Waals surface area contributed by atoms with Crippen molar-refractivity contribution < 1.29 is 4.79 Å². The van der Waals surface area contributed by atoms with E-state index in [1.165, 1.54) is 0 Å². The summed E-state index contributed by atoms with van der Waals surface area (Å²) in [5.74, 6) is 0.124. The number of amides is 1. The molecule has 1 aromatic rings. The average molecular weight is 306 g/mol. The first-order valence-electron chi connectivity index (χ1n) is 4.98. The van der Waals surface area contributed by atoms with Gasteiger partial charge in [-0.15, -0.1) is 0 Å². The Labute approximate surface area is 108 Å². The van der Waals surface area contributed by atoms with Gasteiger partial charge < -0.3 is 11.1 Å². The van der Waals surface area contributed by atoms with E-state index >= 15 is 0 Å². The van der Waals surface area contributed by atoms with Gasteiger partial charge in [0.2, 0.25) is 5.91 Å². The number of benzene rings is 1. The zero-order valence-electron chi connectivity index (χ0n) is 8.97. The lowest BCUT2D eigenvalue weighted by molar-refractivity contribution is -0.116. The van der Waals surface area contributed by atoms with E-state index in [2.05, 4.69) is 21.2 Å². The van der Waals surface area contributed by atoms with E-state index in [0.29, 0.717) is 23.7 Å². The highest BCUT2D eigenvalue weighted by molar-refractivity contribution is 9.10. The second-order valence-electron chi connectivity index (χ2n) is 3.72. The number of anilines is 1. The summed E-state index contributed by atoms with van der Waals surface area (Å²) in [5, 5.41) is 3.38. The first kappa shape index (κ1) is 13.5. The minimum atomic E-state index is -0.0547. The maximum absolute atomic E-state index is 11.6. The normalized spacial score (nSPS) is 12.2. The number of carbonyl (C=O) groups is 1. The molecule has 0 aliphatic heterocycles. The molecule has 1 aromatic carbocycles. The Morgan fingerprint density at radius 2 is 2.31 bits per heavy atom. The highest BCUT2D eigenvalue weighted by Crippen LogP contribution is 2.26. The van der Waals surface area contributed by atoms with Crippen molar-refractivity contribution in [3.63, 3.8) is 0 Å². The van der Waals surface area contributed by atoms with Crippen LogP contribution in [0.1, 0.15) is 13.3 Å². The van der Waals surface area contributed by atoms with Crippen molar-refractivity contribution in [3.05, 3.63) is 27.7 Å². The van der Waals surface area contributed by atoms with Gasteiger partial charge in [0, 0.05) is 15.9 Å². The molecule has 1 atom stereocenters. The predicted octanol–water partition coefficient (Wildman–Crippen LogP) is 3.03. The minimum Gasteiger partial charge on any atom is -0.330 e. The standard InChI is InChI=1S/C11H14BrClN2O/c1-7(6-14)4-11(16)15-10-5-8(13)2-3-9(10)12/h2-3,5,7H,4,6,14H2,1H3,(H,15,16). The lowest BCUT2D eigenvalue weighted by Crippen LogP contribution is -2.20. The van der Waals surface area contributed by atoms with Gasteiger partial charge in [0.25, 0.3) is 0 Å². The van der Waals surface area contributed by atoms with E-state index in [1.54, 1.807) is 18.2 Å². The fraction of sp³-hybridized carbons (Fsp3) is 0.364. The van der Waals surface area contributed by atoms with E-state index in [9.17, 15) is 4.79 Å². The van der Waals surface area contributed by atoms with Crippen LogP contribution in [0.4, 0.5) is 5.69 Å². The van der Waals surface area contributed by atoms with Crippen LogP contribution in [0.3, 0.4) is 0 Å². The van der Waals surface area contributed by atoms with Gasteiger partial charge in [0.15, 0.2) is 0 Å². The molecular formula is C11H14BrClN2O. The van der Waals surface area contributed by atoms with Crippen LogP contribution in [0, 0.1) is 5.92 Å². The molecule has 0 aromatic heterocycles. The van der Waals surface area contributed by atoms with Crippen LogP contribution in [-0.4, -0.2) is 12.5 Å². The highest BCUT2D eigenvalue weighted by Gasteiger charge is 2.09. The van der Waals surface area contributed by atoms with E-state index in [1.807, 2.05) is 6.92 Å². The quantitative estimate of drug-likeness (QED) is 0.898. The Morgan fingerprint density at radius 1 is 1.62 bits per heavy atom.